The minimum absolute atomic E-state index is 0.127. The minimum atomic E-state index is -0.529. The molecule has 2 atom stereocenters. The van der Waals surface area contributed by atoms with Gasteiger partial charge in [-0.15, -0.1) is 0 Å². The van der Waals surface area contributed by atoms with E-state index >= 15 is 0 Å². The smallest absolute Gasteiger partial charge is 0.326 e. The Morgan fingerprint density at radius 2 is 2.05 bits per heavy atom. The van der Waals surface area contributed by atoms with Crippen LogP contribution in [0.15, 0.2) is 0 Å². The van der Waals surface area contributed by atoms with E-state index in [0.29, 0.717) is 13.2 Å². The highest BCUT2D eigenvalue weighted by Gasteiger charge is 2.49. The number of methoxy groups -OCH3 is 2. The summed E-state index contributed by atoms with van der Waals surface area (Å²) in [5.41, 5.74) is -0.529. The third-order valence-corrected chi connectivity index (χ3v) is 4.16. The molecule has 21 heavy (non-hydrogen) atoms. The van der Waals surface area contributed by atoms with E-state index in [1.807, 2.05) is 0 Å². The third-order valence-electron chi connectivity index (χ3n) is 4.16. The van der Waals surface area contributed by atoms with Crippen LogP contribution in [0, 0.1) is 5.92 Å². The lowest BCUT2D eigenvalue weighted by Crippen LogP contribution is -2.57. The first kappa shape index (κ1) is 18.4. The van der Waals surface area contributed by atoms with Crippen LogP contribution in [0.1, 0.15) is 46.0 Å². The Balaban J connectivity index is 2.51. The van der Waals surface area contributed by atoms with Gasteiger partial charge >= 0.3 is 5.97 Å². The molecule has 0 amide bonds. The molecule has 5 nitrogen and oxygen atoms in total. The zero-order valence-corrected chi connectivity index (χ0v) is 13.9. The van der Waals surface area contributed by atoms with Gasteiger partial charge < -0.3 is 14.2 Å². The third kappa shape index (κ3) is 5.24. The molecule has 0 saturated heterocycles. The Hall–Kier alpha value is -0.650. The van der Waals surface area contributed by atoms with Crippen molar-refractivity contribution in [1.82, 2.24) is 5.32 Å². The van der Waals surface area contributed by atoms with Gasteiger partial charge in [0, 0.05) is 33.0 Å². The number of carbonyl (C=O) groups is 1. The summed E-state index contributed by atoms with van der Waals surface area (Å²) in [7, 11) is 3.17. The fourth-order valence-electron chi connectivity index (χ4n) is 3.32. The summed E-state index contributed by atoms with van der Waals surface area (Å²) in [5, 5.41) is 3.47. The number of nitrogens with one attached hydrogen (secondary N) is 1. The summed E-state index contributed by atoms with van der Waals surface area (Å²) in [6, 6.07) is 0.257. The molecule has 0 heterocycles. The molecule has 5 heteroatoms. The lowest BCUT2D eigenvalue weighted by molar-refractivity contribution is -0.151. The Morgan fingerprint density at radius 3 is 2.67 bits per heavy atom. The molecule has 2 unspecified atom stereocenters. The first-order chi connectivity index (χ1) is 10.1. The van der Waals surface area contributed by atoms with Crippen molar-refractivity contribution in [3.8, 4) is 0 Å². The van der Waals surface area contributed by atoms with E-state index in [2.05, 4.69) is 19.2 Å². The molecule has 0 aromatic heterocycles. The average molecular weight is 301 g/mol. The molecule has 1 aliphatic rings. The first-order valence-electron chi connectivity index (χ1n) is 7.99. The molecule has 0 aliphatic heterocycles. The number of esters is 1. The summed E-state index contributed by atoms with van der Waals surface area (Å²) in [6.45, 7) is 6.27. The van der Waals surface area contributed by atoms with Crippen LogP contribution >= 0.6 is 0 Å². The molecule has 0 spiro atoms. The molecule has 1 saturated carbocycles. The maximum atomic E-state index is 12.3. The highest BCUT2D eigenvalue weighted by molar-refractivity contribution is 5.81. The van der Waals surface area contributed by atoms with Crippen LogP contribution in [0.5, 0.6) is 0 Å². The second kappa shape index (κ2) is 9.38. The first-order valence-corrected chi connectivity index (χ1v) is 7.99. The van der Waals surface area contributed by atoms with E-state index in [1.165, 1.54) is 7.11 Å². The lowest BCUT2D eigenvalue weighted by Gasteiger charge is -2.35. The molecular weight excluding hydrogens is 270 g/mol. The van der Waals surface area contributed by atoms with Gasteiger partial charge in [-0.1, -0.05) is 6.42 Å². The lowest BCUT2D eigenvalue weighted by atomic mass is 9.84. The molecule has 1 N–H and O–H groups in total. The van der Waals surface area contributed by atoms with Crippen LogP contribution < -0.4 is 5.32 Å². The SMILES string of the molecule is COCCCOCCC1CCCC1(NC(C)C)C(=O)OC. The van der Waals surface area contributed by atoms with Crippen LogP contribution in [0.25, 0.3) is 0 Å². The van der Waals surface area contributed by atoms with Crippen molar-refractivity contribution in [2.45, 2.75) is 57.5 Å². The van der Waals surface area contributed by atoms with Gasteiger partial charge in [-0.25, -0.2) is 0 Å². The quantitative estimate of drug-likeness (QED) is 0.495. The van der Waals surface area contributed by atoms with Gasteiger partial charge in [0.2, 0.25) is 0 Å². The van der Waals surface area contributed by atoms with Crippen LogP contribution in [-0.4, -0.2) is 51.6 Å². The molecule has 0 aromatic rings. The topological polar surface area (TPSA) is 56.8 Å². The highest BCUT2D eigenvalue weighted by Crippen LogP contribution is 2.39. The molecule has 1 fully saturated rings. The maximum Gasteiger partial charge on any atom is 0.326 e. The second-order valence-electron chi connectivity index (χ2n) is 6.10. The van der Waals surface area contributed by atoms with Crippen molar-refractivity contribution in [3.63, 3.8) is 0 Å². The van der Waals surface area contributed by atoms with Crippen molar-refractivity contribution in [1.29, 1.82) is 0 Å². The zero-order chi connectivity index (χ0) is 15.7. The fraction of sp³-hybridized carbons (Fsp3) is 0.938. The van der Waals surface area contributed by atoms with Crippen LogP contribution in [-0.2, 0) is 19.0 Å². The monoisotopic (exact) mass is 301 g/mol. The number of rotatable bonds is 10. The van der Waals surface area contributed by atoms with E-state index in [4.69, 9.17) is 14.2 Å². The molecule has 0 aromatic carbocycles. The number of carbonyl (C=O) groups excluding carboxylic acids is 1. The summed E-state index contributed by atoms with van der Waals surface area (Å²) in [5.74, 6) is 0.160. The van der Waals surface area contributed by atoms with Gasteiger partial charge in [-0.3, -0.25) is 10.1 Å². The van der Waals surface area contributed by atoms with Crippen molar-refractivity contribution in [2.75, 3.05) is 34.0 Å². The molecular formula is C16H31NO4. The van der Waals surface area contributed by atoms with Gasteiger partial charge in [-0.2, -0.15) is 0 Å². The highest BCUT2D eigenvalue weighted by atomic mass is 16.5. The predicted octanol–water partition coefficient (Wildman–Crippen LogP) is 2.14. The van der Waals surface area contributed by atoms with Gasteiger partial charge in [0.15, 0.2) is 0 Å². The predicted molar refractivity (Wildman–Crippen MR) is 82.3 cm³/mol. The summed E-state index contributed by atoms with van der Waals surface area (Å²) < 4.78 is 15.7. The zero-order valence-electron chi connectivity index (χ0n) is 13.9. The van der Waals surface area contributed by atoms with E-state index in [-0.39, 0.29) is 17.9 Å². The van der Waals surface area contributed by atoms with E-state index in [9.17, 15) is 4.79 Å². The standard InChI is InChI=1S/C16H31NO4/c1-13(2)17-16(15(18)20-4)9-5-7-14(16)8-12-21-11-6-10-19-3/h13-14,17H,5-12H2,1-4H3. The number of hydrogen-bond donors (Lipinski definition) is 1. The summed E-state index contributed by atoms with van der Waals surface area (Å²) in [4.78, 5) is 12.3. The van der Waals surface area contributed by atoms with Crippen LogP contribution in [0.3, 0.4) is 0 Å². The molecule has 0 bridgehead atoms. The van der Waals surface area contributed by atoms with Crippen LogP contribution in [0.2, 0.25) is 0 Å². The number of ether oxygens (including phenoxy) is 3. The van der Waals surface area contributed by atoms with Crippen LogP contribution in [0.4, 0.5) is 0 Å². The normalized spacial score (nSPS) is 25.5. The minimum Gasteiger partial charge on any atom is -0.468 e. The largest absolute Gasteiger partial charge is 0.468 e. The Morgan fingerprint density at radius 1 is 1.29 bits per heavy atom. The van der Waals surface area contributed by atoms with E-state index in [0.717, 1.165) is 38.7 Å². The van der Waals surface area contributed by atoms with Gasteiger partial charge in [0.05, 0.1) is 7.11 Å². The Kier molecular flexibility index (Phi) is 8.22. The molecule has 124 valence electrons. The average Bonchev–Trinajstić information content (AvgIpc) is 2.85. The Labute approximate surface area is 128 Å². The summed E-state index contributed by atoms with van der Waals surface area (Å²) >= 11 is 0. The van der Waals surface area contributed by atoms with Crippen molar-refractivity contribution in [3.05, 3.63) is 0 Å². The maximum absolute atomic E-state index is 12.3. The van der Waals surface area contributed by atoms with E-state index in [1.54, 1.807) is 7.11 Å². The van der Waals surface area contributed by atoms with E-state index < -0.39 is 5.54 Å². The summed E-state index contributed by atoms with van der Waals surface area (Å²) in [6.07, 6.45) is 4.76. The second-order valence-corrected chi connectivity index (χ2v) is 6.10. The number of hydrogen-bond acceptors (Lipinski definition) is 5. The van der Waals surface area contributed by atoms with Crippen molar-refractivity contribution >= 4 is 5.97 Å². The van der Waals surface area contributed by atoms with Gasteiger partial charge in [-0.05, 0) is 45.4 Å². The van der Waals surface area contributed by atoms with Gasteiger partial charge in [0.1, 0.15) is 5.54 Å². The Bertz CT molecular complexity index is 309. The molecule has 1 rings (SSSR count). The van der Waals surface area contributed by atoms with Crippen molar-refractivity contribution in [2.24, 2.45) is 5.92 Å². The molecule has 1 aliphatic carbocycles. The van der Waals surface area contributed by atoms with Crippen molar-refractivity contribution < 1.29 is 19.0 Å². The van der Waals surface area contributed by atoms with Gasteiger partial charge in [0.25, 0.3) is 0 Å². The fourth-order valence-corrected chi connectivity index (χ4v) is 3.32. The molecule has 0 radical (unpaired) electrons.